The monoisotopic (exact) mass is 355 g/mol. The van der Waals surface area contributed by atoms with Crippen LogP contribution in [0.2, 0.25) is 0 Å². The van der Waals surface area contributed by atoms with E-state index in [9.17, 15) is 9.59 Å². The maximum atomic E-state index is 12.9. The average molecular weight is 355 g/mol. The number of ketones is 1. The number of rotatable bonds is 4. The highest BCUT2D eigenvalue weighted by atomic mass is 16.2. The molecule has 1 atom stereocenters. The van der Waals surface area contributed by atoms with E-state index in [1.807, 2.05) is 24.3 Å². The van der Waals surface area contributed by atoms with Gasteiger partial charge < -0.3 is 5.32 Å². The Labute approximate surface area is 159 Å². The summed E-state index contributed by atoms with van der Waals surface area (Å²) >= 11 is 0. The third-order valence-electron chi connectivity index (χ3n) is 5.13. The van der Waals surface area contributed by atoms with Gasteiger partial charge in [0.25, 0.3) is 5.91 Å². The summed E-state index contributed by atoms with van der Waals surface area (Å²) < 4.78 is 0. The first kappa shape index (κ1) is 17.2. The van der Waals surface area contributed by atoms with Crippen molar-refractivity contribution in [2.24, 2.45) is 0 Å². The smallest absolute Gasteiger partial charge is 0.252 e. The second kappa shape index (κ2) is 7.58. The van der Waals surface area contributed by atoms with Crippen LogP contribution < -0.4 is 5.32 Å². The third kappa shape index (κ3) is 3.68. The maximum Gasteiger partial charge on any atom is 0.252 e. The molecule has 1 N–H and O–H groups in total. The minimum Gasteiger partial charge on any atom is -0.349 e. The Hall–Kier alpha value is -3.20. The Kier molecular flexibility index (Phi) is 4.84. The van der Waals surface area contributed by atoms with Gasteiger partial charge in [-0.25, -0.2) is 0 Å². The van der Waals surface area contributed by atoms with Crippen molar-refractivity contribution in [2.45, 2.75) is 25.3 Å². The van der Waals surface area contributed by atoms with Gasteiger partial charge in [-0.05, 0) is 36.5 Å². The lowest BCUT2D eigenvalue weighted by molar-refractivity contribution is 0.0924. The highest BCUT2D eigenvalue weighted by Gasteiger charge is 2.23. The SMILES string of the molecule is O=C(NC1CCc2ccccc2C1)c1ccccc1C(=O)c1ccccc1. The fraction of sp³-hybridized carbons (Fsp3) is 0.167. The molecule has 27 heavy (non-hydrogen) atoms. The van der Waals surface area contributed by atoms with Gasteiger partial charge in [-0.1, -0.05) is 72.8 Å². The fourth-order valence-corrected chi connectivity index (χ4v) is 3.71. The van der Waals surface area contributed by atoms with Crippen LogP contribution in [0.3, 0.4) is 0 Å². The van der Waals surface area contributed by atoms with Gasteiger partial charge in [0.2, 0.25) is 0 Å². The van der Waals surface area contributed by atoms with Crippen LogP contribution in [0.5, 0.6) is 0 Å². The maximum absolute atomic E-state index is 12.9. The van der Waals surface area contributed by atoms with Gasteiger partial charge in [0, 0.05) is 17.2 Å². The number of nitrogens with one attached hydrogen (secondary N) is 1. The largest absolute Gasteiger partial charge is 0.349 e. The molecule has 1 amide bonds. The molecule has 1 aliphatic carbocycles. The minimum atomic E-state index is -0.181. The van der Waals surface area contributed by atoms with Gasteiger partial charge in [0.15, 0.2) is 5.78 Å². The molecule has 0 fully saturated rings. The molecule has 3 nitrogen and oxygen atoms in total. The lowest BCUT2D eigenvalue weighted by Crippen LogP contribution is -2.39. The molecule has 134 valence electrons. The van der Waals surface area contributed by atoms with Crippen molar-refractivity contribution in [3.05, 3.63) is 107 Å². The number of carbonyl (C=O) groups excluding carboxylic acids is 2. The number of hydrogen-bond donors (Lipinski definition) is 1. The van der Waals surface area contributed by atoms with Crippen molar-refractivity contribution in [3.8, 4) is 0 Å². The summed E-state index contributed by atoms with van der Waals surface area (Å²) in [5.41, 5.74) is 4.12. The molecule has 0 aromatic heterocycles. The van der Waals surface area contributed by atoms with Gasteiger partial charge >= 0.3 is 0 Å². The highest BCUT2D eigenvalue weighted by Crippen LogP contribution is 2.22. The van der Waals surface area contributed by atoms with E-state index in [2.05, 4.69) is 23.5 Å². The molecule has 3 aromatic rings. The zero-order valence-electron chi connectivity index (χ0n) is 15.0. The molecular formula is C24H21NO2. The van der Waals surface area contributed by atoms with Gasteiger partial charge in [0.05, 0.1) is 5.56 Å². The number of carbonyl (C=O) groups is 2. The van der Waals surface area contributed by atoms with Crippen LogP contribution in [0.15, 0.2) is 78.9 Å². The second-order valence-electron chi connectivity index (χ2n) is 6.92. The van der Waals surface area contributed by atoms with Gasteiger partial charge in [0.1, 0.15) is 0 Å². The predicted molar refractivity (Wildman–Crippen MR) is 106 cm³/mol. The standard InChI is InChI=1S/C24H21NO2/c26-23(18-9-2-1-3-10-18)21-12-6-7-13-22(21)24(27)25-20-15-14-17-8-4-5-11-19(17)16-20/h1-13,20H,14-16H2,(H,25,27). The van der Waals surface area contributed by atoms with E-state index >= 15 is 0 Å². The van der Waals surface area contributed by atoms with E-state index in [-0.39, 0.29) is 17.7 Å². The molecule has 0 saturated heterocycles. The topological polar surface area (TPSA) is 46.2 Å². The summed E-state index contributed by atoms with van der Waals surface area (Å²) in [7, 11) is 0. The normalized spacial score (nSPS) is 15.6. The summed E-state index contributed by atoms with van der Waals surface area (Å²) in [5, 5.41) is 3.13. The van der Waals surface area contributed by atoms with E-state index < -0.39 is 0 Å². The predicted octanol–water partition coefficient (Wildman–Crippen LogP) is 4.20. The minimum absolute atomic E-state index is 0.0901. The molecule has 1 aliphatic rings. The molecule has 0 heterocycles. The number of hydrogen-bond acceptors (Lipinski definition) is 2. The Bertz CT molecular complexity index is 978. The van der Waals surface area contributed by atoms with Gasteiger partial charge in [-0.3, -0.25) is 9.59 Å². The van der Waals surface area contributed by atoms with Gasteiger partial charge in [-0.15, -0.1) is 0 Å². The van der Waals surface area contributed by atoms with Crippen molar-refractivity contribution < 1.29 is 9.59 Å². The Morgan fingerprint density at radius 1 is 0.741 bits per heavy atom. The Morgan fingerprint density at radius 3 is 2.15 bits per heavy atom. The first-order valence-electron chi connectivity index (χ1n) is 9.29. The summed E-state index contributed by atoms with van der Waals surface area (Å²) in [6.07, 6.45) is 2.71. The molecule has 3 aromatic carbocycles. The molecule has 0 spiro atoms. The quantitative estimate of drug-likeness (QED) is 0.713. The molecular weight excluding hydrogens is 334 g/mol. The molecule has 0 aliphatic heterocycles. The summed E-state index contributed by atoms with van der Waals surface area (Å²) in [4.78, 5) is 25.8. The highest BCUT2D eigenvalue weighted by molar-refractivity contribution is 6.15. The molecule has 0 bridgehead atoms. The van der Waals surface area contributed by atoms with Crippen molar-refractivity contribution in [2.75, 3.05) is 0 Å². The van der Waals surface area contributed by atoms with E-state index in [1.54, 1.807) is 36.4 Å². The van der Waals surface area contributed by atoms with E-state index in [0.29, 0.717) is 16.7 Å². The molecule has 1 unspecified atom stereocenters. The first-order chi connectivity index (χ1) is 13.2. The van der Waals surface area contributed by atoms with Crippen LogP contribution >= 0.6 is 0 Å². The van der Waals surface area contributed by atoms with Crippen LogP contribution in [-0.2, 0) is 12.8 Å². The van der Waals surface area contributed by atoms with E-state index in [1.165, 1.54) is 11.1 Å². The van der Waals surface area contributed by atoms with Crippen molar-refractivity contribution in [3.63, 3.8) is 0 Å². The molecule has 0 saturated carbocycles. The van der Waals surface area contributed by atoms with Crippen LogP contribution in [0.1, 0.15) is 43.8 Å². The number of fused-ring (bicyclic) bond motifs is 1. The fourth-order valence-electron chi connectivity index (χ4n) is 3.71. The Morgan fingerprint density at radius 2 is 1.37 bits per heavy atom. The van der Waals surface area contributed by atoms with Crippen LogP contribution in [0, 0.1) is 0 Å². The molecule has 3 heteroatoms. The lowest BCUT2D eigenvalue weighted by atomic mass is 9.88. The number of amides is 1. The zero-order valence-corrected chi connectivity index (χ0v) is 15.0. The van der Waals surface area contributed by atoms with Crippen LogP contribution in [-0.4, -0.2) is 17.7 Å². The van der Waals surface area contributed by atoms with Crippen LogP contribution in [0.25, 0.3) is 0 Å². The summed E-state index contributed by atoms with van der Waals surface area (Å²) in [5.74, 6) is -0.311. The van der Waals surface area contributed by atoms with E-state index in [4.69, 9.17) is 0 Å². The van der Waals surface area contributed by atoms with Crippen molar-refractivity contribution in [1.29, 1.82) is 0 Å². The first-order valence-corrected chi connectivity index (χ1v) is 9.29. The van der Waals surface area contributed by atoms with Gasteiger partial charge in [-0.2, -0.15) is 0 Å². The summed E-state index contributed by atoms with van der Waals surface area (Å²) in [6.45, 7) is 0. The number of benzene rings is 3. The van der Waals surface area contributed by atoms with Crippen LogP contribution in [0.4, 0.5) is 0 Å². The third-order valence-corrected chi connectivity index (χ3v) is 5.13. The van der Waals surface area contributed by atoms with Crippen molar-refractivity contribution in [1.82, 2.24) is 5.32 Å². The molecule has 0 radical (unpaired) electrons. The lowest BCUT2D eigenvalue weighted by Gasteiger charge is -2.25. The average Bonchev–Trinajstić information content (AvgIpc) is 2.73. The number of aryl methyl sites for hydroxylation is 1. The molecule has 4 rings (SSSR count). The van der Waals surface area contributed by atoms with E-state index in [0.717, 1.165) is 19.3 Å². The van der Waals surface area contributed by atoms with Crippen molar-refractivity contribution >= 4 is 11.7 Å². The summed E-state index contributed by atoms with van der Waals surface area (Å²) in [6, 6.07) is 24.6. The Balaban J connectivity index is 1.54. The zero-order chi connectivity index (χ0) is 18.6. The second-order valence-corrected chi connectivity index (χ2v) is 6.92.